The molecule has 5 rings (SSSR count). The number of hydrogen-bond acceptors (Lipinski definition) is 4. The minimum absolute atomic E-state index is 0.161. The van der Waals surface area contributed by atoms with Gasteiger partial charge in [0.15, 0.2) is 5.58 Å². The van der Waals surface area contributed by atoms with Crippen molar-refractivity contribution in [1.82, 2.24) is 9.88 Å². The number of piperidine rings is 1. The van der Waals surface area contributed by atoms with Crippen molar-refractivity contribution in [3.05, 3.63) is 88.0 Å². The number of aromatic nitrogens is 1. The van der Waals surface area contributed by atoms with Crippen molar-refractivity contribution in [3.63, 3.8) is 0 Å². The number of pyridine rings is 1. The summed E-state index contributed by atoms with van der Waals surface area (Å²) < 4.78 is 7.26. The van der Waals surface area contributed by atoms with Gasteiger partial charge in [-0.2, -0.15) is 0 Å². The fourth-order valence-electron chi connectivity index (χ4n) is 4.12. The molecular weight excluding hydrogens is 416 g/mol. The van der Waals surface area contributed by atoms with Gasteiger partial charge in [-0.05, 0) is 35.7 Å². The highest BCUT2D eigenvalue weighted by Gasteiger charge is 2.30. The van der Waals surface area contributed by atoms with E-state index in [1.54, 1.807) is 24.6 Å². The summed E-state index contributed by atoms with van der Waals surface area (Å²) in [6.45, 7) is 0. The number of nitrogens with zero attached hydrogens (tertiary/aromatic N) is 1. The molecule has 1 aliphatic heterocycles. The molecule has 154 valence electrons. The van der Waals surface area contributed by atoms with E-state index in [1.165, 1.54) is 10.6 Å². The average molecular weight is 433 g/mol. The fourth-order valence-corrected chi connectivity index (χ4v) is 4.48. The zero-order chi connectivity index (χ0) is 21.5. The van der Waals surface area contributed by atoms with Crippen LogP contribution in [0.1, 0.15) is 24.3 Å². The van der Waals surface area contributed by atoms with Gasteiger partial charge in [-0.25, -0.2) is 0 Å². The van der Waals surface area contributed by atoms with E-state index in [9.17, 15) is 14.4 Å². The third-order valence-electron chi connectivity index (χ3n) is 5.61. The van der Waals surface area contributed by atoms with E-state index in [4.69, 9.17) is 16.0 Å². The maximum Gasteiger partial charge on any atom is 0.255 e. The van der Waals surface area contributed by atoms with Crippen molar-refractivity contribution >= 4 is 34.4 Å². The van der Waals surface area contributed by atoms with E-state index < -0.39 is 5.92 Å². The Morgan fingerprint density at radius 2 is 1.84 bits per heavy atom. The number of halogens is 1. The molecule has 2 aromatic heterocycles. The van der Waals surface area contributed by atoms with Crippen LogP contribution in [-0.4, -0.2) is 16.4 Å². The number of amides is 2. The van der Waals surface area contributed by atoms with Gasteiger partial charge < -0.3 is 4.42 Å². The standard InChI is InChI=1S/C24H17ClN2O4/c25-22-15(4-3-5-16(22)18-8-10-20(28)26-24(18)30)14-7-9-19(23-17(14)11-13-31-23)27-12-2-1-6-21(27)29/h1-7,9,11-13,18H,8,10H2,(H,26,28,30). The summed E-state index contributed by atoms with van der Waals surface area (Å²) in [6.07, 6.45) is 3.97. The van der Waals surface area contributed by atoms with Crippen LogP contribution >= 0.6 is 11.6 Å². The van der Waals surface area contributed by atoms with Crippen molar-refractivity contribution in [2.24, 2.45) is 0 Å². The maximum absolute atomic E-state index is 12.4. The van der Waals surface area contributed by atoms with E-state index in [2.05, 4.69) is 5.32 Å². The molecule has 3 heterocycles. The monoisotopic (exact) mass is 432 g/mol. The molecule has 2 amide bonds. The quantitative estimate of drug-likeness (QED) is 0.486. The second-order valence-electron chi connectivity index (χ2n) is 7.42. The molecule has 1 aliphatic rings. The van der Waals surface area contributed by atoms with E-state index in [1.807, 2.05) is 36.4 Å². The molecule has 1 atom stereocenters. The third kappa shape index (κ3) is 3.25. The van der Waals surface area contributed by atoms with Crippen molar-refractivity contribution in [2.45, 2.75) is 18.8 Å². The predicted octanol–water partition coefficient (Wildman–Crippen LogP) is 4.42. The summed E-state index contributed by atoms with van der Waals surface area (Å²) in [5, 5.41) is 3.65. The second-order valence-corrected chi connectivity index (χ2v) is 7.79. The number of fused-ring (bicyclic) bond motifs is 1. The number of nitrogens with one attached hydrogen (secondary N) is 1. The maximum atomic E-state index is 12.4. The SMILES string of the molecule is O=C1CCC(c2cccc(-c3ccc(-n4ccccc4=O)c4occc34)c2Cl)C(=O)N1. The van der Waals surface area contributed by atoms with Crippen molar-refractivity contribution < 1.29 is 14.0 Å². The van der Waals surface area contributed by atoms with Crippen LogP contribution in [0.25, 0.3) is 27.8 Å². The number of carbonyl (C=O) groups excluding carboxylic acids is 2. The molecule has 0 spiro atoms. The largest absolute Gasteiger partial charge is 0.462 e. The topological polar surface area (TPSA) is 81.3 Å². The van der Waals surface area contributed by atoms with Gasteiger partial charge in [0.05, 0.1) is 22.9 Å². The normalized spacial score (nSPS) is 16.5. The molecule has 0 radical (unpaired) electrons. The van der Waals surface area contributed by atoms with Crippen molar-refractivity contribution in [1.29, 1.82) is 0 Å². The minimum atomic E-state index is -0.479. The highest BCUT2D eigenvalue weighted by Crippen LogP contribution is 2.40. The summed E-state index contributed by atoms with van der Waals surface area (Å²) in [6, 6.07) is 16.0. The zero-order valence-electron chi connectivity index (χ0n) is 16.3. The summed E-state index contributed by atoms with van der Waals surface area (Å²) in [7, 11) is 0. The molecular formula is C24H17ClN2O4. The van der Waals surface area contributed by atoms with Gasteiger partial charge in [0.1, 0.15) is 0 Å². The Hall–Kier alpha value is -3.64. The van der Waals surface area contributed by atoms with Crippen LogP contribution in [0, 0.1) is 0 Å². The van der Waals surface area contributed by atoms with Crippen LogP contribution in [0.3, 0.4) is 0 Å². The predicted molar refractivity (Wildman–Crippen MR) is 117 cm³/mol. The van der Waals surface area contributed by atoms with Gasteiger partial charge in [0.25, 0.3) is 5.56 Å². The first kappa shape index (κ1) is 19.3. The lowest BCUT2D eigenvalue weighted by Crippen LogP contribution is -2.39. The van der Waals surface area contributed by atoms with Crippen LogP contribution in [0.4, 0.5) is 0 Å². The Morgan fingerprint density at radius 1 is 0.968 bits per heavy atom. The Bertz CT molecular complexity index is 1400. The summed E-state index contributed by atoms with van der Waals surface area (Å²) >= 11 is 6.78. The van der Waals surface area contributed by atoms with E-state index in [0.717, 1.165) is 16.5 Å². The molecule has 1 unspecified atom stereocenters. The Morgan fingerprint density at radius 3 is 2.65 bits per heavy atom. The fraction of sp³-hybridized carbons (Fsp3) is 0.125. The first-order chi connectivity index (χ1) is 15.0. The minimum Gasteiger partial charge on any atom is -0.462 e. The molecule has 6 nitrogen and oxygen atoms in total. The first-order valence-electron chi connectivity index (χ1n) is 9.85. The van der Waals surface area contributed by atoms with Gasteiger partial charge in [0.2, 0.25) is 11.8 Å². The molecule has 1 fully saturated rings. The van der Waals surface area contributed by atoms with Crippen LogP contribution in [0.2, 0.25) is 5.02 Å². The van der Waals surface area contributed by atoms with Crippen LogP contribution in [-0.2, 0) is 9.59 Å². The molecule has 7 heteroatoms. The van der Waals surface area contributed by atoms with Crippen LogP contribution in [0.15, 0.2) is 76.3 Å². The molecule has 31 heavy (non-hydrogen) atoms. The van der Waals surface area contributed by atoms with E-state index >= 15 is 0 Å². The van der Waals surface area contributed by atoms with Gasteiger partial charge in [0, 0.05) is 29.6 Å². The van der Waals surface area contributed by atoms with Gasteiger partial charge in [-0.15, -0.1) is 0 Å². The average Bonchev–Trinajstić information content (AvgIpc) is 3.25. The molecule has 2 aromatic carbocycles. The van der Waals surface area contributed by atoms with Gasteiger partial charge >= 0.3 is 0 Å². The second kappa shape index (κ2) is 7.56. The lowest BCUT2D eigenvalue weighted by atomic mass is 9.88. The first-order valence-corrected chi connectivity index (χ1v) is 10.2. The van der Waals surface area contributed by atoms with Gasteiger partial charge in [-0.3, -0.25) is 24.3 Å². The molecule has 4 aromatic rings. The summed E-state index contributed by atoms with van der Waals surface area (Å²) in [4.78, 5) is 36.2. The zero-order valence-corrected chi connectivity index (χ0v) is 17.1. The molecule has 0 saturated carbocycles. The van der Waals surface area contributed by atoms with Crippen molar-refractivity contribution in [2.75, 3.05) is 0 Å². The molecule has 1 saturated heterocycles. The Balaban J connectivity index is 1.65. The molecule has 1 N–H and O–H groups in total. The van der Waals surface area contributed by atoms with E-state index in [0.29, 0.717) is 28.3 Å². The van der Waals surface area contributed by atoms with Crippen molar-refractivity contribution in [3.8, 4) is 16.8 Å². The highest BCUT2D eigenvalue weighted by atomic mass is 35.5. The number of furan rings is 1. The van der Waals surface area contributed by atoms with E-state index in [-0.39, 0.29) is 23.8 Å². The number of imide groups is 1. The highest BCUT2D eigenvalue weighted by molar-refractivity contribution is 6.35. The number of hydrogen-bond donors (Lipinski definition) is 1. The van der Waals surface area contributed by atoms with Crippen LogP contribution < -0.4 is 10.9 Å². The van der Waals surface area contributed by atoms with Gasteiger partial charge in [-0.1, -0.05) is 41.9 Å². The molecule has 0 aliphatic carbocycles. The van der Waals surface area contributed by atoms with Crippen LogP contribution in [0.5, 0.6) is 0 Å². The lowest BCUT2D eigenvalue weighted by molar-refractivity contribution is -0.134. The number of benzene rings is 2. The smallest absolute Gasteiger partial charge is 0.255 e. The Kier molecular flexibility index (Phi) is 4.71. The lowest BCUT2D eigenvalue weighted by Gasteiger charge is -2.23. The molecule has 0 bridgehead atoms. The number of rotatable bonds is 3. The summed E-state index contributed by atoms with van der Waals surface area (Å²) in [5.41, 5.74) is 3.30. The number of carbonyl (C=O) groups is 2. The summed E-state index contributed by atoms with van der Waals surface area (Å²) in [5.74, 6) is -1.07. The Labute approximate surface area is 182 Å². The third-order valence-corrected chi connectivity index (χ3v) is 6.03.